The van der Waals surface area contributed by atoms with Crippen LogP contribution in [0.3, 0.4) is 0 Å². The Hall–Kier alpha value is -3.28. The topological polar surface area (TPSA) is 84.6 Å². The maximum absolute atomic E-state index is 12.0. The molecule has 0 fully saturated rings. The first-order valence-corrected chi connectivity index (χ1v) is 6.56. The van der Waals surface area contributed by atoms with Crippen LogP contribution in [0.15, 0.2) is 59.7 Å². The standard InChI is InChI=1S/C16H11N3O3/c20-15-10-9-11-5-1-2-6-12(11)16(15)18-17-13-7-3-4-8-14(13)19(21)22/h1-10,17H/b18-16+. The Morgan fingerprint density at radius 2 is 1.73 bits per heavy atom. The number of para-hydroxylation sites is 2. The number of allylic oxidation sites excluding steroid dienone is 1. The number of hydrogen-bond donors (Lipinski definition) is 1. The molecule has 0 radical (unpaired) electrons. The first kappa shape index (κ1) is 13.7. The zero-order valence-electron chi connectivity index (χ0n) is 11.4. The number of nitro groups is 1. The normalized spacial score (nSPS) is 14.7. The third-order valence-corrected chi connectivity index (χ3v) is 3.25. The second-order valence-electron chi connectivity index (χ2n) is 4.63. The predicted octanol–water partition coefficient (Wildman–Crippen LogP) is 3.01. The Kier molecular flexibility index (Phi) is 3.49. The summed E-state index contributed by atoms with van der Waals surface area (Å²) >= 11 is 0. The van der Waals surface area contributed by atoms with Crippen molar-refractivity contribution in [1.82, 2.24) is 0 Å². The van der Waals surface area contributed by atoms with Crippen LogP contribution < -0.4 is 5.43 Å². The van der Waals surface area contributed by atoms with Gasteiger partial charge in [-0.2, -0.15) is 5.10 Å². The molecular weight excluding hydrogens is 282 g/mol. The van der Waals surface area contributed by atoms with E-state index in [0.717, 1.165) is 5.56 Å². The van der Waals surface area contributed by atoms with Gasteiger partial charge in [-0.15, -0.1) is 0 Å². The number of nitrogens with zero attached hydrogens (tertiary/aromatic N) is 2. The van der Waals surface area contributed by atoms with Gasteiger partial charge in [-0.1, -0.05) is 42.5 Å². The molecule has 1 aliphatic rings. The minimum atomic E-state index is -0.501. The largest absolute Gasteiger partial charge is 0.294 e. The Morgan fingerprint density at radius 3 is 2.55 bits per heavy atom. The van der Waals surface area contributed by atoms with Gasteiger partial charge in [0.1, 0.15) is 11.4 Å². The molecule has 6 heteroatoms. The smallest absolute Gasteiger partial charge is 0.287 e. The number of fused-ring (bicyclic) bond motifs is 1. The lowest BCUT2D eigenvalue weighted by Crippen LogP contribution is -2.19. The summed E-state index contributed by atoms with van der Waals surface area (Å²) in [6, 6.07) is 13.5. The summed E-state index contributed by atoms with van der Waals surface area (Å²) in [4.78, 5) is 22.5. The maximum atomic E-state index is 12.0. The van der Waals surface area contributed by atoms with Crippen LogP contribution in [0.2, 0.25) is 0 Å². The van der Waals surface area contributed by atoms with Crippen LogP contribution in [0.25, 0.3) is 6.08 Å². The molecule has 2 aromatic carbocycles. The summed E-state index contributed by atoms with van der Waals surface area (Å²) in [5.41, 5.74) is 4.57. The number of anilines is 1. The van der Waals surface area contributed by atoms with E-state index in [1.54, 1.807) is 24.3 Å². The van der Waals surface area contributed by atoms with Crippen molar-refractivity contribution in [2.45, 2.75) is 0 Å². The molecule has 0 unspecified atom stereocenters. The molecule has 22 heavy (non-hydrogen) atoms. The maximum Gasteiger partial charge on any atom is 0.294 e. The van der Waals surface area contributed by atoms with E-state index in [9.17, 15) is 14.9 Å². The van der Waals surface area contributed by atoms with Crippen LogP contribution in [0.4, 0.5) is 11.4 Å². The van der Waals surface area contributed by atoms with Gasteiger partial charge in [0.15, 0.2) is 0 Å². The van der Waals surface area contributed by atoms with Gasteiger partial charge in [-0.3, -0.25) is 20.3 Å². The number of nitrogens with one attached hydrogen (secondary N) is 1. The van der Waals surface area contributed by atoms with Crippen LogP contribution in [0.5, 0.6) is 0 Å². The van der Waals surface area contributed by atoms with Crippen molar-refractivity contribution in [3.8, 4) is 0 Å². The zero-order chi connectivity index (χ0) is 15.5. The quantitative estimate of drug-likeness (QED) is 0.696. The molecule has 0 bridgehead atoms. The molecule has 0 saturated carbocycles. The van der Waals surface area contributed by atoms with Gasteiger partial charge in [-0.05, 0) is 17.7 Å². The van der Waals surface area contributed by atoms with Crippen LogP contribution in [-0.2, 0) is 4.79 Å². The van der Waals surface area contributed by atoms with Crippen LogP contribution >= 0.6 is 0 Å². The molecule has 1 N–H and O–H groups in total. The summed E-state index contributed by atoms with van der Waals surface area (Å²) in [7, 11) is 0. The van der Waals surface area contributed by atoms with Crippen molar-refractivity contribution in [3.63, 3.8) is 0 Å². The van der Waals surface area contributed by atoms with Crippen molar-refractivity contribution < 1.29 is 9.72 Å². The fourth-order valence-corrected chi connectivity index (χ4v) is 2.19. The summed E-state index contributed by atoms with van der Waals surface area (Å²) in [6.45, 7) is 0. The van der Waals surface area contributed by atoms with Gasteiger partial charge in [0, 0.05) is 11.6 Å². The molecule has 0 amide bonds. The molecule has 3 rings (SSSR count). The first-order chi connectivity index (χ1) is 10.7. The Bertz CT molecular complexity index is 825. The van der Waals surface area contributed by atoms with Crippen LogP contribution in [-0.4, -0.2) is 16.4 Å². The van der Waals surface area contributed by atoms with E-state index in [2.05, 4.69) is 10.5 Å². The fourth-order valence-electron chi connectivity index (χ4n) is 2.19. The van der Waals surface area contributed by atoms with E-state index in [0.29, 0.717) is 5.56 Å². The molecule has 0 aliphatic heterocycles. The highest BCUT2D eigenvalue weighted by Crippen LogP contribution is 2.24. The lowest BCUT2D eigenvalue weighted by molar-refractivity contribution is -0.384. The van der Waals surface area contributed by atoms with Gasteiger partial charge < -0.3 is 0 Å². The van der Waals surface area contributed by atoms with Crippen LogP contribution in [0.1, 0.15) is 11.1 Å². The predicted molar refractivity (Wildman–Crippen MR) is 83.7 cm³/mol. The number of nitro benzene ring substituents is 1. The fraction of sp³-hybridized carbons (Fsp3) is 0. The van der Waals surface area contributed by atoms with Crippen molar-refractivity contribution >= 4 is 28.9 Å². The number of hydrazone groups is 1. The second-order valence-corrected chi connectivity index (χ2v) is 4.63. The second kappa shape index (κ2) is 5.61. The number of ketones is 1. The van der Waals surface area contributed by atoms with Crippen molar-refractivity contribution in [2.24, 2.45) is 5.10 Å². The Labute approximate surface area is 125 Å². The number of carbonyl (C=O) groups is 1. The van der Waals surface area contributed by atoms with E-state index in [4.69, 9.17) is 0 Å². The van der Waals surface area contributed by atoms with E-state index < -0.39 is 4.92 Å². The average Bonchev–Trinajstić information content (AvgIpc) is 2.54. The minimum Gasteiger partial charge on any atom is -0.287 e. The molecule has 0 spiro atoms. The lowest BCUT2D eigenvalue weighted by Gasteiger charge is -2.12. The van der Waals surface area contributed by atoms with E-state index in [1.807, 2.05) is 18.2 Å². The van der Waals surface area contributed by atoms with Crippen molar-refractivity contribution in [2.75, 3.05) is 5.43 Å². The summed E-state index contributed by atoms with van der Waals surface area (Å²) in [5.74, 6) is -0.246. The number of hydrogen-bond acceptors (Lipinski definition) is 5. The number of rotatable bonds is 3. The molecule has 0 atom stereocenters. The van der Waals surface area contributed by atoms with Crippen LogP contribution in [0, 0.1) is 10.1 Å². The highest BCUT2D eigenvalue weighted by Gasteiger charge is 2.19. The van der Waals surface area contributed by atoms with E-state index in [-0.39, 0.29) is 22.9 Å². The third-order valence-electron chi connectivity index (χ3n) is 3.25. The van der Waals surface area contributed by atoms with Gasteiger partial charge >= 0.3 is 0 Å². The summed E-state index contributed by atoms with van der Waals surface area (Å²) in [6.07, 6.45) is 3.16. The molecule has 0 aromatic heterocycles. The van der Waals surface area contributed by atoms with Gasteiger partial charge in [0.25, 0.3) is 5.69 Å². The van der Waals surface area contributed by atoms with E-state index >= 15 is 0 Å². The molecule has 0 heterocycles. The Balaban J connectivity index is 1.98. The molecule has 1 aliphatic carbocycles. The molecular formula is C16H11N3O3. The van der Waals surface area contributed by atoms with Crippen molar-refractivity contribution in [1.29, 1.82) is 0 Å². The molecule has 2 aromatic rings. The lowest BCUT2D eigenvalue weighted by atomic mass is 9.95. The monoisotopic (exact) mass is 293 g/mol. The molecule has 108 valence electrons. The Morgan fingerprint density at radius 1 is 1.00 bits per heavy atom. The van der Waals surface area contributed by atoms with Gasteiger partial charge in [0.05, 0.1) is 4.92 Å². The average molecular weight is 293 g/mol. The van der Waals surface area contributed by atoms with Gasteiger partial charge in [0.2, 0.25) is 5.78 Å². The molecule has 0 saturated heterocycles. The zero-order valence-corrected chi connectivity index (χ0v) is 11.4. The van der Waals surface area contributed by atoms with Crippen molar-refractivity contribution in [3.05, 3.63) is 75.8 Å². The van der Waals surface area contributed by atoms with E-state index in [1.165, 1.54) is 18.2 Å². The minimum absolute atomic E-state index is 0.0982. The summed E-state index contributed by atoms with van der Waals surface area (Å²) < 4.78 is 0. The highest BCUT2D eigenvalue weighted by molar-refractivity contribution is 6.52. The first-order valence-electron chi connectivity index (χ1n) is 6.56. The third kappa shape index (κ3) is 2.49. The SMILES string of the molecule is O=C1C=Cc2ccccc2/C1=N\Nc1ccccc1[N+](=O)[O-]. The number of carbonyl (C=O) groups excluding carboxylic acids is 1. The highest BCUT2D eigenvalue weighted by atomic mass is 16.6. The summed E-state index contributed by atoms with van der Waals surface area (Å²) in [5, 5.41) is 15.1. The van der Waals surface area contributed by atoms with Gasteiger partial charge in [-0.25, -0.2) is 0 Å². The number of benzene rings is 2. The molecule has 6 nitrogen and oxygen atoms in total.